The highest BCUT2D eigenvalue weighted by Crippen LogP contribution is 2.19. The number of hydrogen-bond donors (Lipinski definition) is 0. The van der Waals surface area contributed by atoms with E-state index in [1.165, 1.54) is 0 Å². The second kappa shape index (κ2) is 4.81. The van der Waals surface area contributed by atoms with Gasteiger partial charge in [0.25, 0.3) is 0 Å². The van der Waals surface area contributed by atoms with E-state index in [9.17, 15) is 0 Å². The van der Waals surface area contributed by atoms with E-state index in [2.05, 4.69) is 9.88 Å². The Kier molecular flexibility index (Phi) is 3.94. The Morgan fingerprint density at radius 1 is 1.40 bits per heavy atom. The molecule has 1 rings (SSSR count). The van der Waals surface area contributed by atoms with Gasteiger partial charge in [-0.05, 0) is 40.1 Å². The first kappa shape index (κ1) is 12.3. The molecule has 0 spiro atoms. The van der Waals surface area contributed by atoms with E-state index >= 15 is 0 Å². The van der Waals surface area contributed by atoms with Crippen molar-refractivity contribution in [2.45, 2.75) is 19.4 Å². The highest BCUT2D eigenvalue weighted by atomic mass is 35.5. The SMILES string of the molecule is CN(C)CC(C)(C)Oc1ccc(Cl)nc1. The number of aromatic nitrogens is 1. The predicted molar refractivity (Wildman–Crippen MR) is 62.5 cm³/mol. The topological polar surface area (TPSA) is 25.4 Å². The van der Waals surface area contributed by atoms with Gasteiger partial charge in [0.1, 0.15) is 16.5 Å². The highest BCUT2D eigenvalue weighted by Gasteiger charge is 2.20. The normalized spacial score (nSPS) is 11.9. The lowest BCUT2D eigenvalue weighted by Gasteiger charge is -2.29. The zero-order chi connectivity index (χ0) is 11.5. The quantitative estimate of drug-likeness (QED) is 0.741. The van der Waals surface area contributed by atoms with Gasteiger partial charge in [0.15, 0.2) is 0 Å². The summed E-state index contributed by atoms with van der Waals surface area (Å²) in [6.07, 6.45) is 1.64. The molecule has 0 atom stereocenters. The molecule has 3 nitrogen and oxygen atoms in total. The first-order valence-corrected chi connectivity index (χ1v) is 5.22. The number of nitrogens with zero attached hydrogens (tertiary/aromatic N) is 2. The van der Waals surface area contributed by atoms with Crippen LogP contribution in [0.4, 0.5) is 0 Å². The average molecular weight is 229 g/mol. The van der Waals surface area contributed by atoms with E-state index < -0.39 is 0 Å². The summed E-state index contributed by atoms with van der Waals surface area (Å²) in [4.78, 5) is 6.06. The van der Waals surface area contributed by atoms with Gasteiger partial charge in [-0.2, -0.15) is 0 Å². The number of pyridine rings is 1. The van der Waals surface area contributed by atoms with Gasteiger partial charge >= 0.3 is 0 Å². The van der Waals surface area contributed by atoms with Crippen LogP contribution in [0.2, 0.25) is 5.15 Å². The summed E-state index contributed by atoms with van der Waals surface area (Å²) in [5.41, 5.74) is -0.237. The lowest BCUT2D eigenvalue weighted by Crippen LogP contribution is -2.39. The monoisotopic (exact) mass is 228 g/mol. The molecular weight excluding hydrogens is 212 g/mol. The maximum absolute atomic E-state index is 5.80. The molecular formula is C11H17ClN2O. The Labute approximate surface area is 96.0 Å². The van der Waals surface area contributed by atoms with Crippen molar-refractivity contribution in [1.29, 1.82) is 0 Å². The summed E-state index contributed by atoms with van der Waals surface area (Å²) >= 11 is 5.69. The Hall–Kier alpha value is -0.800. The summed E-state index contributed by atoms with van der Waals surface area (Å²) in [7, 11) is 4.04. The van der Waals surface area contributed by atoms with E-state index in [-0.39, 0.29) is 5.60 Å². The zero-order valence-electron chi connectivity index (χ0n) is 9.62. The van der Waals surface area contributed by atoms with Crippen molar-refractivity contribution in [1.82, 2.24) is 9.88 Å². The molecule has 0 aromatic carbocycles. The maximum Gasteiger partial charge on any atom is 0.138 e. The molecule has 1 heterocycles. The number of rotatable bonds is 4. The van der Waals surface area contributed by atoms with Crippen LogP contribution >= 0.6 is 11.6 Å². The van der Waals surface area contributed by atoms with Gasteiger partial charge in [0.05, 0.1) is 6.20 Å². The van der Waals surface area contributed by atoms with Gasteiger partial charge in [-0.1, -0.05) is 11.6 Å². The first-order chi connectivity index (χ1) is 6.89. The Morgan fingerprint density at radius 3 is 2.53 bits per heavy atom. The van der Waals surface area contributed by atoms with Crippen LogP contribution in [0.5, 0.6) is 5.75 Å². The van der Waals surface area contributed by atoms with Crippen molar-refractivity contribution >= 4 is 11.6 Å². The number of ether oxygens (including phenoxy) is 1. The molecule has 1 aromatic rings. The standard InChI is InChI=1S/C11H17ClN2O/c1-11(2,8-14(3)4)15-9-5-6-10(12)13-7-9/h5-7H,8H2,1-4H3. The number of halogens is 1. The largest absolute Gasteiger partial charge is 0.485 e. The summed E-state index contributed by atoms with van der Waals surface area (Å²) in [6.45, 7) is 4.93. The van der Waals surface area contributed by atoms with Crippen LogP contribution in [0, 0.1) is 0 Å². The molecule has 0 aliphatic rings. The third kappa shape index (κ3) is 4.49. The second-order valence-electron chi connectivity index (χ2n) is 4.42. The van der Waals surface area contributed by atoms with Gasteiger partial charge in [0.2, 0.25) is 0 Å². The molecule has 0 saturated carbocycles. The van der Waals surface area contributed by atoms with Crippen molar-refractivity contribution in [3.63, 3.8) is 0 Å². The van der Waals surface area contributed by atoms with Crippen molar-refractivity contribution in [3.8, 4) is 5.75 Å². The smallest absolute Gasteiger partial charge is 0.138 e. The molecule has 4 heteroatoms. The van der Waals surface area contributed by atoms with E-state index in [1.54, 1.807) is 12.3 Å². The van der Waals surface area contributed by atoms with E-state index in [4.69, 9.17) is 16.3 Å². The molecule has 84 valence electrons. The summed E-state index contributed by atoms with van der Waals surface area (Å²) in [5.74, 6) is 0.742. The summed E-state index contributed by atoms with van der Waals surface area (Å²) in [6, 6.07) is 3.55. The molecule has 0 saturated heterocycles. The van der Waals surface area contributed by atoms with Crippen molar-refractivity contribution in [3.05, 3.63) is 23.5 Å². The number of likely N-dealkylation sites (N-methyl/N-ethyl adjacent to an activating group) is 1. The Morgan fingerprint density at radius 2 is 2.07 bits per heavy atom. The van der Waals surface area contributed by atoms with Crippen LogP contribution in [0.1, 0.15) is 13.8 Å². The molecule has 0 radical (unpaired) electrons. The second-order valence-corrected chi connectivity index (χ2v) is 4.80. The molecule has 0 fully saturated rings. The highest BCUT2D eigenvalue weighted by molar-refractivity contribution is 6.29. The molecule has 0 amide bonds. The minimum absolute atomic E-state index is 0.237. The summed E-state index contributed by atoms with van der Waals surface area (Å²) in [5, 5.41) is 0.479. The first-order valence-electron chi connectivity index (χ1n) is 4.84. The van der Waals surface area contributed by atoms with Crippen molar-refractivity contribution in [2.75, 3.05) is 20.6 Å². The van der Waals surface area contributed by atoms with E-state index in [0.717, 1.165) is 12.3 Å². The van der Waals surface area contributed by atoms with Crippen LogP contribution in [0.25, 0.3) is 0 Å². The van der Waals surface area contributed by atoms with Gasteiger partial charge in [-0.25, -0.2) is 4.98 Å². The van der Waals surface area contributed by atoms with Crippen molar-refractivity contribution in [2.24, 2.45) is 0 Å². The maximum atomic E-state index is 5.80. The van der Waals surface area contributed by atoms with Crippen LogP contribution in [-0.2, 0) is 0 Å². The molecule has 0 unspecified atom stereocenters. The lowest BCUT2D eigenvalue weighted by molar-refractivity contribution is 0.0771. The van der Waals surface area contributed by atoms with Gasteiger partial charge in [-0.15, -0.1) is 0 Å². The predicted octanol–water partition coefficient (Wildman–Crippen LogP) is 2.45. The fraction of sp³-hybridized carbons (Fsp3) is 0.545. The third-order valence-electron chi connectivity index (χ3n) is 1.79. The van der Waals surface area contributed by atoms with Gasteiger partial charge in [-0.3, -0.25) is 0 Å². The average Bonchev–Trinajstić information content (AvgIpc) is 2.06. The molecule has 1 aromatic heterocycles. The summed E-state index contributed by atoms with van der Waals surface area (Å²) < 4.78 is 5.80. The Bertz CT molecular complexity index is 309. The molecule has 0 aliphatic heterocycles. The van der Waals surface area contributed by atoms with E-state index in [0.29, 0.717) is 5.15 Å². The fourth-order valence-corrected chi connectivity index (χ4v) is 1.65. The minimum atomic E-state index is -0.237. The van der Waals surface area contributed by atoms with Crippen LogP contribution < -0.4 is 4.74 Å². The molecule has 0 aliphatic carbocycles. The van der Waals surface area contributed by atoms with Crippen LogP contribution in [0.15, 0.2) is 18.3 Å². The third-order valence-corrected chi connectivity index (χ3v) is 2.01. The Balaban J connectivity index is 2.64. The lowest BCUT2D eigenvalue weighted by atomic mass is 10.1. The van der Waals surface area contributed by atoms with E-state index in [1.807, 2.05) is 34.0 Å². The molecule has 0 bridgehead atoms. The molecule has 15 heavy (non-hydrogen) atoms. The fourth-order valence-electron chi connectivity index (χ4n) is 1.54. The van der Waals surface area contributed by atoms with Gasteiger partial charge in [0, 0.05) is 6.54 Å². The molecule has 0 N–H and O–H groups in total. The van der Waals surface area contributed by atoms with Gasteiger partial charge < -0.3 is 9.64 Å². The minimum Gasteiger partial charge on any atom is -0.485 e. The van der Waals surface area contributed by atoms with Crippen molar-refractivity contribution < 1.29 is 4.74 Å². The van der Waals surface area contributed by atoms with Crippen LogP contribution in [-0.4, -0.2) is 36.1 Å². The number of hydrogen-bond acceptors (Lipinski definition) is 3. The van der Waals surface area contributed by atoms with Crippen LogP contribution in [0.3, 0.4) is 0 Å². The zero-order valence-corrected chi connectivity index (χ0v) is 10.4.